The quantitative estimate of drug-likeness (QED) is 0.735. The number of para-hydroxylation sites is 1. The molecule has 0 aliphatic carbocycles. The van der Waals surface area contributed by atoms with E-state index in [2.05, 4.69) is 35.4 Å². The van der Waals surface area contributed by atoms with Gasteiger partial charge in [-0.25, -0.2) is 0 Å². The summed E-state index contributed by atoms with van der Waals surface area (Å²) in [6.45, 7) is 3.69. The standard InChI is InChI=1S/C21H21N3O/c1-2-3-10-24-14-16-12-17(8-9-19(16)21(24)25)23-18-11-15-6-4-5-7-20(15)22-13-18/h4-9,11-13,23H,2-3,10,14H2,1H3. The summed E-state index contributed by atoms with van der Waals surface area (Å²) < 4.78 is 0. The number of carbonyl (C=O) groups is 1. The van der Waals surface area contributed by atoms with E-state index < -0.39 is 0 Å². The Morgan fingerprint density at radius 3 is 2.88 bits per heavy atom. The molecule has 25 heavy (non-hydrogen) atoms. The minimum Gasteiger partial charge on any atom is -0.354 e. The molecule has 0 saturated carbocycles. The van der Waals surface area contributed by atoms with Crippen LogP contribution < -0.4 is 5.32 Å². The smallest absolute Gasteiger partial charge is 0.254 e. The fourth-order valence-electron chi connectivity index (χ4n) is 3.29. The van der Waals surface area contributed by atoms with E-state index in [1.165, 1.54) is 0 Å². The number of pyridine rings is 1. The summed E-state index contributed by atoms with van der Waals surface area (Å²) >= 11 is 0. The van der Waals surface area contributed by atoms with Crippen molar-refractivity contribution < 1.29 is 4.79 Å². The van der Waals surface area contributed by atoms with Gasteiger partial charge in [0.05, 0.1) is 17.4 Å². The number of rotatable bonds is 5. The lowest BCUT2D eigenvalue weighted by Gasteiger charge is -2.14. The van der Waals surface area contributed by atoms with Crippen molar-refractivity contribution in [2.24, 2.45) is 0 Å². The zero-order chi connectivity index (χ0) is 17.2. The summed E-state index contributed by atoms with van der Waals surface area (Å²) in [7, 11) is 0. The molecule has 4 heteroatoms. The van der Waals surface area contributed by atoms with Gasteiger partial charge in [0.25, 0.3) is 5.91 Å². The Kier molecular flexibility index (Phi) is 4.10. The fraction of sp³-hybridized carbons (Fsp3) is 0.238. The van der Waals surface area contributed by atoms with Crippen molar-refractivity contribution in [3.63, 3.8) is 0 Å². The van der Waals surface area contributed by atoms with Gasteiger partial charge in [0.1, 0.15) is 0 Å². The van der Waals surface area contributed by atoms with Gasteiger partial charge in [0, 0.05) is 29.7 Å². The fourth-order valence-corrected chi connectivity index (χ4v) is 3.29. The van der Waals surface area contributed by atoms with Crippen LogP contribution >= 0.6 is 0 Å². The van der Waals surface area contributed by atoms with Crippen molar-refractivity contribution in [2.45, 2.75) is 26.3 Å². The van der Waals surface area contributed by atoms with E-state index in [-0.39, 0.29) is 5.91 Å². The Hall–Kier alpha value is -2.88. The first kappa shape index (κ1) is 15.6. The van der Waals surface area contributed by atoms with Gasteiger partial charge in [0.15, 0.2) is 0 Å². The highest BCUT2D eigenvalue weighted by molar-refractivity contribution is 5.99. The predicted octanol–water partition coefficient (Wildman–Crippen LogP) is 4.73. The second-order valence-corrected chi connectivity index (χ2v) is 6.49. The summed E-state index contributed by atoms with van der Waals surface area (Å²) in [6, 6.07) is 16.1. The number of amides is 1. The van der Waals surface area contributed by atoms with Crippen molar-refractivity contribution >= 4 is 28.2 Å². The zero-order valence-electron chi connectivity index (χ0n) is 14.3. The van der Waals surface area contributed by atoms with Crippen LogP contribution in [0.15, 0.2) is 54.7 Å². The predicted molar refractivity (Wildman–Crippen MR) is 101 cm³/mol. The van der Waals surface area contributed by atoms with E-state index in [1.807, 2.05) is 41.4 Å². The van der Waals surface area contributed by atoms with Gasteiger partial charge in [-0.1, -0.05) is 31.5 Å². The molecule has 1 aliphatic heterocycles. The maximum Gasteiger partial charge on any atom is 0.254 e. The van der Waals surface area contributed by atoms with E-state index >= 15 is 0 Å². The molecule has 0 saturated heterocycles. The highest BCUT2D eigenvalue weighted by Gasteiger charge is 2.26. The van der Waals surface area contributed by atoms with Gasteiger partial charge in [-0.2, -0.15) is 0 Å². The number of carbonyl (C=O) groups excluding carboxylic acids is 1. The Morgan fingerprint density at radius 1 is 1.12 bits per heavy atom. The first-order valence-electron chi connectivity index (χ1n) is 8.78. The molecule has 0 spiro atoms. The second-order valence-electron chi connectivity index (χ2n) is 6.49. The molecule has 4 nitrogen and oxygen atoms in total. The summed E-state index contributed by atoms with van der Waals surface area (Å²) in [5.74, 6) is 0.155. The molecule has 1 N–H and O–H groups in total. The normalized spacial score (nSPS) is 13.3. The van der Waals surface area contributed by atoms with Crippen LogP contribution in [0.3, 0.4) is 0 Å². The van der Waals surface area contributed by atoms with Crippen LogP contribution in [-0.4, -0.2) is 22.3 Å². The maximum atomic E-state index is 12.4. The Labute approximate surface area is 147 Å². The number of benzene rings is 2. The number of nitrogens with zero attached hydrogens (tertiary/aromatic N) is 2. The number of nitrogens with one attached hydrogen (secondary N) is 1. The molecule has 0 unspecified atom stereocenters. The third-order valence-corrected chi connectivity index (χ3v) is 4.64. The molecule has 0 bridgehead atoms. The molecule has 1 amide bonds. The molecule has 3 aromatic rings. The molecule has 0 radical (unpaired) electrons. The minimum atomic E-state index is 0.155. The number of unbranched alkanes of at least 4 members (excludes halogenated alkanes) is 1. The maximum absolute atomic E-state index is 12.4. The van der Waals surface area contributed by atoms with Crippen LogP contribution in [0.4, 0.5) is 11.4 Å². The lowest BCUT2D eigenvalue weighted by molar-refractivity contribution is 0.0776. The zero-order valence-corrected chi connectivity index (χ0v) is 14.3. The topological polar surface area (TPSA) is 45.2 Å². The minimum absolute atomic E-state index is 0.155. The Balaban J connectivity index is 1.55. The summed E-state index contributed by atoms with van der Waals surface area (Å²) in [5.41, 5.74) is 4.85. The molecular weight excluding hydrogens is 310 g/mol. The van der Waals surface area contributed by atoms with Crippen molar-refractivity contribution in [3.8, 4) is 0 Å². The summed E-state index contributed by atoms with van der Waals surface area (Å²) in [6.07, 6.45) is 3.99. The molecule has 0 fully saturated rings. The van der Waals surface area contributed by atoms with Gasteiger partial charge >= 0.3 is 0 Å². The van der Waals surface area contributed by atoms with Crippen LogP contribution in [0, 0.1) is 0 Å². The van der Waals surface area contributed by atoms with E-state index in [4.69, 9.17) is 0 Å². The third-order valence-electron chi connectivity index (χ3n) is 4.64. The number of anilines is 2. The molecule has 2 aromatic carbocycles. The lowest BCUT2D eigenvalue weighted by atomic mass is 10.1. The van der Waals surface area contributed by atoms with E-state index in [0.29, 0.717) is 6.54 Å². The average Bonchev–Trinajstić information content (AvgIpc) is 2.95. The monoisotopic (exact) mass is 331 g/mol. The summed E-state index contributed by atoms with van der Waals surface area (Å²) in [4.78, 5) is 18.8. The van der Waals surface area contributed by atoms with Crippen LogP contribution in [0.5, 0.6) is 0 Å². The Bertz CT molecular complexity index is 935. The number of hydrogen-bond donors (Lipinski definition) is 1. The SMILES string of the molecule is CCCCN1Cc2cc(Nc3cnc4ccccc4c3)ccc2C1=O. The van der Waals surface area contributed by atoms with Gasteiger partial charge in [-0.05, 0) is 42.3 Å². The molecule has 1 aliphatic rings. The largest absolute Gasteiger partial charge is 0.354 e. The Morgan fingerprint density at radius 2 is 2.00 bits per heavy atom. The van der Waals surface area contributed by atoms with Crippen molar-refractivity contribution in [1.82, 2.24) is 9.88 Å². The van der Waals surface area contributed by atoms with E-state index in [9.17, 15) is 4.79 Å². The van der Waals surface area contributed by atoms with Crippen LogP contribution in [0.1, 0.15) is 35.7 Å². The second kappa shape index (κ2) is 6.55. The number of hydrogen-bond acceptors (Lipinski definition) is 3. The van der Waals surface area contributed by atoms with Gasteiger partial charge in [0.2, 0.25) is 0 Å². The highest BCUT2D eigenvalue weighted by Crippen LogP contribution is 2.28. The van der Waals surface area contributed by atoms with Gasteiger partial charge < -0.3 is 10.2 Å². The van der Waals surface area contributed by atoms with Crippen LogP contribution in [-0.2, 0) is 6.54 Å². The first-order chi connectivity index (χ1) is 12.2. The third kappa shape index (κ3) is 3.07. The highest BCUT2D eigenvalue weighted by atomic mass is 16.2. The average molecular weight is 331 g/mol. The number of fused-ring (bicyclic) bond motifs is 2. The molecular formula is C21H21N3O. The van der Waals surface area contributed by atoms with E-state index in [1.54, 1.807) is 0 Å². The van der Waals surface area contributed by atoms with E-state index in [0.717, 1.165) is 52.8 Å². The van der Waals surface area contributed by atoms with Crippen molar-refractivity contribution in [2.75, 3.05) is 11.9 Å². The van der Waals surface area contributed by atoms with Gasteiger partial charge in [-0.15, -0.1) is 0 Å². The molecule has 4 rings (SSSR count). The molecule has 126 valence electrons. The van der Waals surface area contributed by atoms with Crippen molar-refractivity contribution in [1.29, 1.82) is 0 Å². The van der Waals surface area contributed by atoms with Crippen molar-refractivity contribution in [3.05, 3.63) is 65.9 Å². The lowest BCUT2D eigenvalue weighted by Crippen LogP contribution is -2.24. The first-order valence-corrected chi connectivity index (χ1v) is 8.78. The van der Waals surface area contributed by atoms with Crippen LogP contribution in [0.25, 0.3) is 10.9 Å². The number of aromatic nitrogens is 1. The van der Waals surface area contributed by atoms with Gasteiger partial charge in [-0.3, -0.25) is 9.78 Å². The molecule has 0 atom stereocenters. The molecule has 2 heterocycles. The summed E-state index contributed by atoms with van der Waals surface area (Å²) in [5, 5.41) is 4.51. The molecule has 1 aromatic heterocycles. The van der Waals surface area contributed by atoms with Crippen LogP contribution in [0.2, 0.25) is 0 Å².